The van der Waals surface area contributed by atoms with Crippen molar-refractivity contribution in [2.75, 3.05) is 20.2 Å². The number of nitrogens with one attached hydrogen (secondary N) is 1. The molecule has 3 rings (SSSR count). The Morgan fingerprint density at radius 1 is 1.23 bits per heavy atom. The zero-order valence-corrected chi connectivity index (χ0v) is 19.0. The molecule has 1 amide bonds. The van der Waals surface area contributed by atoms with E-state index in [0.29, 0.717) is 12.8 Å². The number of benzene rings is 2. The summed E-state index contributed by atoms with van der Waals surface area (Å²) in [4.78, 5) is 12.7. The van der Waals surface area contributed by atoms with Gasteiger partial charge in [0.1, 0.15) is 11.6 Å². The average molecular weight is 469 g/mol. The maximum atomic E-state index is 14.0. The Morgan fingerprint density at radius 3 is 2.45 bits per heavy atom. The molecule has 0 aliphatic carbocycles. The molecule has 0 unspecified atom stereocenters. The van der Waals surface area contributed by atoms with Crippen LogP contribution >= 0.6 is 11.6 Å². The Balaban J connectivity index is 1.56. The third kappa shape index (κ3) is 5.75. The number of nitrogens with zero attached hydrogens (tertiary/aromatic N) is 1. The molecule has 1 aliphatic heterocycles. The average Bonchev–Trinajstić information content (AvgIpc) is 2.76. The number of rotatable bonds is 7. The highest BCUT2D eigenvalue weighted by Gasteiger charge is 2.32. The Labute approximate surface area is 187 Å². The molecular formula is C22H26ClFN2O4S. The largest absolute Gasteiger partial charge is 0.497 e. The van der Waals surface area contributed by atoms with Crippen LogP contribution in [0.5, 0.6) is 5.75 Å². The van der Waals surface area contributed by atoms with Gasteiger partial charge in [-0.3, -0.25) is 4.79 Å². The molecule has 1 N–H and O–H groups in total. The van der Waals surface area contributed by atoms with E-state index in [1.54, 1.807) is 7.11 Å². The molecule has 2 aromatic rings. The van der Waals surface area contributed by atoms with Gasteiger partial charge in [0.2, 0.25) is 15.9 Å². The van der Waals surface area contributed by atoms with Crippen molar-refractivity contribution in [2.45, 2.75) is 31.6 Å². The predicted molar refractivity (Wildman–Crippen MR) is 118 cm³/mol. The van der Waals surface area contributed by atoms with Crippen LogP contribution < -0.4 is 10.1 Å². The number of hydrogen-bond acceptors (Lipinski definition) is 4. The third-order valence-corrected chi connectivity index (χ3v) is 7.74. The molecule has 0 radical (unpaired) electrons. The van der Waals surface area contributed by atoms with Crippen molar-refractivity contribution >= 4 is 27.5 Å². The molecule has 9 heteroatoms. The van der Waals surface area contributed by atoms with Gasteiger partial charge in [-0.1, -0.05) is 29.8 Å². The molecule has 6 nitrogen and oxygen atoms in total. The van der Waals surface area contributed by atoms with Crippen LogP contribution in [0.3, 0.4) is 0 Å². The molecule has 1 heterocycles. The zero-order chi connectivity index (χ0) is 22.6. The SMILES string of the molecule is COc1ccc([C@H](C)NC(=O)C2CCN(S(=O)(=O)Cc3c(F)cccc3Cl)CC2)cc1. The number of carbonyl (C=O) groups excluding carboxylic acids is 1. The molecule has 2 aromatic carbocycles. The highest BCUT2D eigenvalue weighted by molar-refractivity contribution is 7.88. The second-order valence-electron chi connectivity index (χ2n) is 7.63. The summed E-state index contributed by atoms with van der Waals surface area (Å²) < 4.78 is 45.9. The summed E-state index contributed by atoms with van der Waals surface area (Å²) in [6, 6.07) is 11.4. The van der Waals surface area contributed by atoms with Crippen LogP contribution in [0.4, 0.5) is 4.39 Å². The normalized spacial score (nSPS) is 16.6. The molecule has 1 aliphatic rings. The van der Waals surface area contributed by atoms with Crippen LogP contribution in [0.1, 0.15) is 36.9 Å². The van der Waals surface area contributed by atoms with E-state index in [4.69, 9.17) is 16.3 Å². The van der Waals surface area contributed by atoms with E-state index >= 15 is 0 Å². The molecule has 1 saturated heterocycles. The molecule has 0 saturated carbocycles. The lowest BCUT2D eigenvalue weighted by Gasteiger charge is -2.31. The van der Waals surface area contributed by atoms with Crippen LogP contribution in [0.15, 0.2) is 42.5 Å². The number of halogens is 2. The van der Waals surface area contributed by atoms with Crippen molar-refractivity contribution in [3.05, 3.63) is 64.4 Å². The summed E-state index contributed by atoms with van der Waals surface area (Å²) in [6.07, 6.45) is 0.816. The van der Waals surface area contributed by atoms with E-state index in [9.17, 15) is 17.6 Å². The Kier molecular flexibility index (Phi) is 7.56. The minimum Gasteiger partial charge on any atom is -0.497 e. The highest BCUT2D eigenvalue weighted by Crippen LogP contribution is 2.26. The number of carbonyl (C=O) groups is 1. The molecule has 168 valence electrons. The van der Waals surface area contributed by atoms with Gasteiger partial charge in [0.25, 0.3) is 0 Å². The zero-order valence-electron chi connectivity index (χ0n) is 17.5. The predicted octanol–water partition coefficient (Wildman–Crippen LogP) is 3.91. The van der Waals surface area contributed by atoms with E-state index < -0.39 is 21.6 Å². The van der Waals surface area contributed by atoms with E-state index in [1.807, 2.05) is 31.2 Å². The van der Waals surface area contributed by atoms with Crippen molar-refractivity contribution in [3.63, 3.8) is 0 Å². The van der Waals surface area contributed by atoms with Crippen molar-refractivity contribution in [1.82, 2.24) is 9.62 Å². The van der Waals surface area contributed by atoms with Gasteiger partial charge in [0.05, 0.1) is 18.9 Å². The number of amides is 1. The smallest absolute Gasteiger partial charge is 0.223 e. The molecule has 1 atom stereocenters. The fraction of sp³-hybridized carbons (Fsp3) is 0.409. The van der Waals surface area contributed by atoms with Crippen LogP contribution in [-0.4, -0.2) is 38.8 Å². The van der Waals surface area contributed by atoms with Crippen molar-refractivity contribution < 1.29 is 22.3 Å². The Bertz CT molecular complexity index is 1000. The summed E-state index contributed by atoms with van der Waals surface area (Å²) in [5, 5.41) is 3.09. The fourth-order valence-electron chi connectivity index (χ4n) is 3.65. The second-order valence-corrected chi connectivity index (χ2v) is 10.0. The number of piperidine rings is 1. The van der Waals surface area contributed by atoms with E-state index in [1.165, 1.54) is 22.5 Å². The second kappa shape index (κ2) is 9.97. The number of methoxy groups -OCH3 is 1. The molecule has 0 spiro atoms. The molecule has 31 heavy (non-hydrogen) atoms. The van der Waals surface area contributed by atoms with Gasteiger partial charge < -0.3 is 10.1 Å². The minimum absolute atomic E-state index is 0.0302. The number of hydrogen-bond donors (Lipinski definition) is 1. The lowest BCUT2D eigenvalue weighted by Crippen LogP contribution is -2.43. The fourth-order valence-corrected chi connectivity index (χ4v) is 5.56. The highest BCUT2D eigenvalue weighted by atomic mass is 35.5. The summed E-state index contributed by atoms with van der Waals surface area (Å²) >= 11 is 5.97. The summed E-state index contributed by atoms with van der Waals surface area (Å²) in [5.74, 6) is -0.767. The summed E-state index contributed by atoms with van der Waals surface area (Å²) in [5.41, 5.74) is 0.924. The van der Waals surface area contributed by atoms with E-state index in [-0.39, 0.29) is 41.5 Å². The first-order chi connectivity index (χ1) is 14.7. The first-order valence-corrected chi connectivity index (χ1v) is 12.0. The van der Waals surface area contributed by atoms with Crippen molar-refractivity contribution in [3.8, 4) is 5.75 Å². The molecular weight excluding hydrogens is 443 g/mol. The maximum absolute atomic E-state index is 14.0. The van der Waals surface area contributed by atoms with Crippen molar-refractivity contribution in [1.29, 1.82) is 0 Å². The van der Waals surface area contributed by atoms with Crippen LogP contribution in [-0.2, 0) is 20.6 Å². The van der Waals surface area contributed by atoms with E-state index in [0.717, 1.165) is 11.3 Å². The van der Waals surface area contributed by atoms with E-state index in [2.05, 4.69) is 5.32 Å². The lowest BCUT2D eigenvalue weighted by atomic mass is 9.96. The van der Waals surface area contributed by atoms with Crippen LogP contribution in [0.2, 0.25) is 5.02 Å². The minimum atomic E-state index is -3.74. The topological polar surface area (TPSA) is 75.7 Å². The van der Waals surface area contributed by atoms with Gasteiger partial charge in [-0.15, -0.1) is 0 Å². The van der Waals surface area contributed by atoms with Crippen molar-refractivity contribution in [2.24, 2.45) is 5.92 Å². The van der Waals surface area contributed by atoms with Gasteiger partial charge in [-0.05, 0) is 49.6 Å². The number of ether oxygens (including phenoxy) is 1. The number of sulfonamides is 1. The lowest BCUT2D eigenvalue weighted by molar-refractivity contribution is -0.126. The van der Waals surface area contributed by atoms with Crippen LogP contribution in [0, 0.1) is 11.7 Å². The first kappa shape index (κ1) is 23.5. The van der Waals surface area contributed by atoms with Gasteiger partial charge in [-0.25, -0.2) is 17.1 Å². The summed E-state index contributed by atoms with van der Waals surface area (Å²) in [6.45, 7) is 2.32. The van der Waals surface area contributed by atoms with Gasteiger partial charge in [0.15, 0.2) is 0 Å². The Morgan fingerprint density at radius 2 is 1.87 bits per heavy atom. The van der Waals surface area contributed by atoms with Gasteiger partial charge >= 0.3 is 0 Å². The van der Waals surface area contributed by atoms with Crippen LogP contribution in [0.25, 0.3) is 0 Å². The quantitative estimate of drug-likeness (QED) is 0.668. The van der Waals surface area contributed by atoms with Gasteiger partial charge in [-0.2, -0.15) is 0 Å². The maximum Gasteiger partial charge on any atom is 0.223 e. The summed E-state index contributed by atoms with van der Waals surface area (Å²) in [7, 11) is -2.14. The molecule has 0 aromatic heterocycles. The first-order valence-electron chi connectivity index (χ1n) is 10.1. The Hall–Kier alpha value is -2.16. The van der Waals surface area contributed by atoms with Gasteiger partial charge in [0, 0.05) is 29.6 Å². The standard InChI is InChI=1S/C22H26ClFN2O4S/c1-15(16-6-8-18(30-2)9-7-16)25-22(27)17-10-12-26(13-11-17)31(28,29)14-19-20(23)4-3-5-21(19)24/h3-9,15,17H,10-14H2,1-2H3,(H,25,27)/t15-/m0/s1. The molecule has 0 bridgehead atoms. The third-order valence-electron chi connectivity index (χ3n) is 5.58. The monoisotopic (exact) mass is 468 g/mol. The molecule has 1 fully saturated rings.